The van der Waals surface area contributed by atoms with Crippen molar-refractivity contribution in [1.29, 1.82) is 0 Å². The predicted octanol–water partition coefficient (Wildman–Crippen LogP) is 3.50. The van der Waals surface area contributed by atoms with Crippen LogP contribution in [0.25, 0.3) is 0 Å². The molecular formula is C17H19F4NO3. The molecule has 0 bridgehead atoms. The van der Waals surface area contributed by atoms with Crippen LogP contribution in [0.15, 0.2) is 30.0 Å². The highest BCUT2D eigenvalue weighted by Crippen LogP contribution is 2.50. The summed E-state index contributed by atoms with van der Waals surface area (Å²) in [6.07, 6.45) is 3.13. The highest BCUT2D eigenvalue weighted by Gasteiger charge is 2.45. The summed E-state index contributed by atoms with van der Waals surface area (Å²) in [5.74, 6) is -0.842. The molecule has 0 aromatic heterocycles. The van der Waals surface area contributed by atoms with E-state index in [1.54, 1.807) is 12.1 Å². The zero-order chi connectivity index (χ0) is 18.2. The van der Waals surface area contributed by atoms with E-state index in [1.165, 1.54) is 12.1 Å². The minimum atomic E-state index is -3.15. The van der Waals surface area contributed by atoms with Crippen molar-refractivity contribution in [1.82, 2.24) is 4.90 Å². The molecule has 25 heavy (non-hydrogen) atoms. The van der Waals surface area contributed by atoms with E-state index in [2.05, 4.69) is 9.47 Å². The Morgan fingerprint density at radius 3 is 2.48 bits per heavy atom. The monoisotopic (exact) mass is 361 g/mol. The van der Waals surface area contributed by atoms with Crippen LogP contribution in [-0.4, -0.2) is 42.9 Å². The Kier molecular flexibility index (Phi) is 4.81. The van der Waals surface area contributed by atoms with Gasteiger partial charge in [-0.2, -0.15) is 17.6 Å². The van der Waals surface area contributed by atoms with Gasteiger partial charge in [-0.1, -0.05) is 6.07 Å². The lowest BCUT2D eigenvalue weighted by Gasteiger charge is -2.37. The molecule has 2 atom stereocenters. The SMILES string of the molecule is CN1CC[C@]2(c3ccc(OC(F)F)c(OC(F)F)c3)CC[C@@H](O)C=C12. The number of aliphatic hydroxyl groups is 1. The molecule has 1 aliphatic heterocycles. The van der Waals surface area contributed by atoms with Crippen molar-refractivity contribution in [3.63, 3.8) is 0 Å². The summed E-state index contributed by atoms with van der Waals surface area (Å²) in [7, 11) is 1.90. The lowest BCUT2D eigenvalue weighted by Crippen LogP contribution is -2.33. The molecule has 138 valence electrons. The first kappa shape index (κ1) is 17.8. The van der Waals surface area contributed by atoms with E-state index in [9.17, 15) is 22.7 Å². The summed E-state index contributed by atoms with van der Waals surface area (Å²) >= 11 is 0. The Bertz CT molecular complexity index is 667. The second-order valence-electron chi connectivity index (χ2n) is 6.33. The van der Waals surface area contributed by atoms with Crippen molar-refractivity contribution in [2.75, 3.05) is 13.6 Å². The van der Waals surface area contributed by atoms with Crippen LogP contribution >= 0.6 is 0 Å². The maximum absolute atomic E-state index is 12.7. The van der Waals surface area contributed by atoms with Gasteiger partial charge in [-0.3, -0.25) is 0 Å². The van der Waals surface area contributed by atoms with E-state index in [0.29, 0.717) is 18.4 Å². The lowest BCUT2D eigenvalue weighted by atomic mass is 9.70. The molecule has 2 aliphatic rings. The van der Waals surface area contributed by atoms with Crippen molar-refractivity contribution in [3.8, 4) is 11.5 Å². The maximum Gasteiger partial charge on any atom is 0.387 e. The molecule has 0 amide bonds. The fraction of sp³-hybridized carbons (Fsp3) is 0.529. The Morgan fingerprint density at radius 1 is 1.12 bits per heavy atom. The summed E-state index contributed by atoms with van der Waals surface area (Å²) in [5.41, 5.74) is 1.15. The van der Waals surface area contributed by atoms with E-state index in [0.717, 1.165) is 18.7 Å². The second kappa shape index (κ2) is 6.74. The first-order valence-electron chi connectivity index (χ1n) is 7.97. The van der Waals surface area contributed by atoms with Gasteiger partial charge in [0.25, 0.3) is 0 Å². The summed E-state index contributed by atoms with van der Waals surface area (Å²) < 4.78 is 59.0. The van der Waals surface area contributed by atoms with E-state index >= 15 is 0 Å². The number of benzene rings is 1. The van der Waals surface area contributed by atoms with E-state index in [1.807, 2.05) is 11.9 Å². The molecule has 0 saturated carbocycles. The number of alkyl halides is 4. The van der Waals surface area contributed by atoms with Gasteiger partial charge < -0.3 is 19.5 Å². The van der Waals surface area contributed by atoms with E-state index < -0.39 is 36.2 Å². The third-order valence-electron chi connectivity index (χ3n) is 4.92. The number of likely N-dealkylation sites (N-methyl/N-ethyl adjacent to an activating group) is 1. The van der Waals surface area contributed by atoms with Crippen molar-refractivity contribution in [2.45, 2.75) is 44.0 Å². The van der Waals surface area contributed by atoms with Crippen LogP contribution in [0.5, 0.6) is 11.5 Å². The van der Waals surface area contributed by atoms with Gasteiger partial charge in [0.2, 0.25) is 0 Å². The fourth-order valence-electron chi connectivity index (χ4n) is 3.80. The molecule has 0 spiro atoms. The molecule has 3 rings (SSSR count). The predicted molar refractivity (Wildman–Crippen MR) is 82.0 cm³/mol. The zero-order valence-electron chi connectivity index (χ0n) is 13.6. The molecule has 8 heteroatoms. The van der Waals surface area contributed by atoms with Crippen LogP contribution in [0.4, 0.5) is 17.6 Å². The Balaban J connectivity index is 2.03. The number of likely N-dealkylation sites (tertiary alicyclic amines) is 1. The highest BCUT2D eigenvalue weighted by molar-refractivity contribution is 5.49. The fourth-order valence-corrected chi connectivity index (χ4v) is 3.80. The van der Waals surface area contributed by atoms with E-state index in [4.69, 9.17) is 0 Å². The van der Waals surface area contributed by atoms with Gasteiger partial charge in [0, 0.05) is 24.7 Å². The van der Waals surface area contributed by atoms with Gasteiger partial charge >= 0.3 is 13.2 Å². The number of fused-ring (bicyclic) bond motifs is 1. The number of aliphatic hydroxyl groups excluding tert-OH is 1. The molecule has 1 heterocycles. The highest BCUT2D eigenvalue weighted by atomic mass is 19.3. The van der Waals surface area contributed by atoms with Gasteiger partial charge in [0.15, 0.2) is 11.5 Å². The Labute approximate surface area is 142 Å². The summed E-state index contributed by atoms with van der Waals surface area (Å²) in [5, 5.41) is 9.92. The average molecular weight is 361 g/mol. The van der Waals surface area contributed by atoms with Crippen molar-refractivity contribution >= 4 is 0 Å². The molecule has 1 aliphatic carbocycles. The first-order chi connectivity index (χ1) is 11.8. The van der Waals surface area contributed by atoms with Gasteiger partial charge in [-0.15, -0.1) is 0 Å². The smallest absolute Gasteiger partial charge is 0.387 e. The second-order valence-corrected chi connectivity index (χ2v) is 6.33. The van der Waals surface area contributed by atoms with Crippen LogP contribution in [0.1, 0.15) is 24.8 Å². The van der Waals surface area contributed by atoms with Crippen LogP contribution in [0.2, 0.25) is 0 Å². The number of nitrogens with zero attached hydrogens (tertiary/aromatic N) is 1. The zero-order valence-corrected chi connectivity index (χ0v) is 13.6. The number of hydrogen-bond acceptors (Lipinski definition) is 4. The van der Waals surface area contributed by atoms with Gasteiger partial charge in [-0.05, 0) is 43.0 Å². The summed E-state index contributed by atoms with van der Waals surface area (Å²) in [4.78, 5) is 2.01. The topological polar surface area (TPSA) is 41.9 Å². The van der Waals surface area contributed by atoms with Gasteiger partial charge in [-0.25, -0.2) is 0 Å². The Morgan fingerprint density at radius 2 is 1.80 bits per heavy atom. The van der Waals surface area contributed by atoms with Crippen LogP contribution in [0.3, 0.4) is 0 Å². The minimum absolute atomic E-state index is 0.415. The average Bonchev–Trinajstić information content (AvgIpc) is 2.86. The summed E-state index contributed by atoms with van der Waals surface area (Å²) in [6.45, 7) is -5.54. The first-order valence-corrected chi connectivity index (χ1v) is 7.97. The maximum atomic E-state index is 12.7. The quantitative estimate of drug-likeness (QED) is 0.815. The molecule has 4 nitrogen and oxygen atoms in total. The molecule has 1 saturated heterocycles. The third kappa shape index (κ3) is 3.40. The number of halogens is 4. The third-order valence-corrected chi connectivity index (χ3v) is 4.92. The van der Waals surface area contributed by atoms with Crippen molar-refractivity contribution < 1.29 is 32.1 Å². The lowest BCUT2D eigenvalue weighted by molar-refractivity contribution is -0.0693. The van der Waals surface area contributed by atoms with E-state index in [-0.39, 0.29) is 0 Å². The largest absolute Gasteiger partial charge is 0.431 e. The van der Waals surface area contributed by atoms with Gasteiger partial charge in [0.05, 0.1) is 6.10 Å². The van der Waals surface area contributed by atoms with Crippen molar-refractivity contribution in [3.05, 3.63) is 35.5 Å². The normalized spacial score (nSPS) is 26.0. The number of allylic oxidation sites excluding steroid dienone is 1. The molecule has 1 fully saturated rings. The van der Waals surface area contributed by atoms with Gasteiger partial charge in [0.1, 0.15) is 0 Å². The van der Waals surface area contributed by atoms with Crippen LogP contribution in [-0.2, 0) is 5.41 Å². The molecule has 0 radical (unpaired) electrons. The standard InChI is InChI=1S/C17H19F4NO3/c1-22-7-6-17(5-4-11(23)9-14(17)22)10-2-3-12(24-15(18)19)13(8-10)25-16(20)21/h2-3,8-9,11,15-16,23H,4-7H2,1H3/t11-,17+/m1/s1. The molecule has 0 unspecified atom stereocenters. The summed E-state index contributed by atoms with van der Waals surface area (Å²) in [6, 6.07) is 4.17. The van der Waals surface area contributed by atoms with Crippen LogP contribution < -0.4 is 9.47 Å². The van der Waals surface area contributed by atoms with Crippen molar-refractivity contribution in [2.24, 2.45) is 0 Å². The minimum Gasteiger partial charge on any atom is -0.431 e. The molecule has 1 aromatic rings. The molecule has 1 aromatic carbocycles. The number of ether oxygens (including phenoxy) is 2. The molecule has 1 N–H and O–H groups in total. The Hall–Kier alpha value is -1.96. The number of rotatable bonds is 5. The number of hydrogen-bond donors (Lipinski definition) is 1. The van der Waals surface area contributed by atoms with Crippen LogP contribution in [0, 0.1) is 0 Å². The molecular weight excluding hydrogens is 342 g/mol.